The number of nitrogens with zero attached hydrogens (tertiary/aromatic N) is 2. The Kier molecular flexibility index (Phi) is 13.3. The summed E-state index contributed by atoms with van der Waals surface area (Å²) in [6.07, 6.45) is -10.5. The fourth-order valence-electron chi connectivity index (χ4n) is 9.71. The maximum Gasteiger partial charge on any atom is 0.417 e. The smallest absolute Gasteiger partial charge is 0.417 e. The number of Topliss-reactive ketones (excluding diaryl/α,β-unsaturated/α-hetero) is 1. The lowest BCUT2D eigenvalue weighted by Crippen LogP contribution is -2.49. The molecule has 3 aliphatic heterocycles. The summed E-state index contributed by atoms with van der Waals surface area (Å²) < 4.78 is 111. The molecule has 2 atom stereocenters. The Morgan fingerprint density at radius 1 is 0.667 bits per heavy atom. The van der Waals surface area contributed by atoms with E-state index in [2.05, 4.69) is 9.98 Å². The predicted molar refractivity (Wildman–Crippen MR) is 240 cm³/mol. The van der Waals surface area contributed by atoms with E-state index in [-0.39, 0.29) is 25.2 Å². The van der Waals surface area contributed by atoms with Crippen LogP contribution >= 0.6 is 0 Å². The lowest BCUT2D eigenvalue weighted by Gasteiger charge is -2.38. The molecule has 0 saturated carbocycles. The van der Waals surface area contributed by atoms with E-state index in [1.807, 2.05) is 37.3 Å². The molecule has 5 aromatic rings. The van der Waals surface area contributed by atoms with E-state index in [1.165, 1.54) is 12.1 Å². The fraction of sp³-hybridized carbons (Fsp3) is 0.442. The maximum absolute atomic E-state index is 14.2. The molecule has 3 aliphatic rings. The Morgan fingerprint density at radius 3 is 1.94 bits per heavy atom. The van der Waals surface area contributed by atoms with Crippen LogP contribution in [-0.4, -0.2) is 70.0 Å². The van der Waals surface area contributed by atoms with Gasteiger partial charge in [-0.05, 0) is 110 Å². The lowest BCUT2D eigenvalue weighted by molar-refractivity contribution is -0.269. The highest BCUT2D eigenvalue weighted by atomic mass is 19.4. The van der Waals surface area contributed by atoms with Crippen molar-refractivity contribution in [2.75, 3.05) is 19.8 Å². The monoisotopic (exact) mass is 920 g/mol. The van der Waals surface area contributed by atoms with Crippen molar-refractivity contribution in [3.63, 3.8) is 0 Å². The number of ketones is 1. The quantitative estimate of drug-likeness (QED) is 0.121. The molecule has 7 nitrogen and oxygen atoms in total. The molecule has 4 aromatic carbocycles. The molecule has 0 amide bonds. The summed E-state index contributed by atoms with van der Waals surface area (Å²) in [5, 5.41) is 22.7. The molecule has 0 spiro atoms. The van der Waals surface area contributed by atoms with Gasteiger partial charge in [-0.2, -0.15) is 26.3 Å². The van der Waals surface area contributed by atoms with Gasteiger partial charge in [-0.15, -0.1) is 0 Å². The number of alkyl halides is 6. The molecule has 4 heterocycles. The minimum Gasteiger partial charge on any atom is -0.493 e. The molecule has 0 aliphatic carbocycles. The third kappa shape index (κ3) is 10.00. The van der Waals surface area contributed by atoms with Gasteiger partial charge in [0.05, 0.1) is 18.7 Å². The molecular formula is C52H55F7N2O5. The number of carbonyl (C=O) groups is 1. The highest BCUT2D eigenvalue weighted by molar-refractivity contribution is 6.14. The van der Waals surface area contributed by atoms with Crippen molar-refractivity contribution in [2.24, 2.45) is 4.99 Å². The zero-order valence-electron chi connectivity index (χ0n) is 37.9. The second-order valence-electron chi connectivity index (χ2n) is 19.3. The molecule has 8 rings (SSSR count). The van der Waals surface area contributed by atoms with Crippen LogP contribution in [0, 0.1) is 12.7 Å². The van der Waals surface area contributed by atoms with Crippen LogP contribution in [0.3, 0.4) is 0 Å². The molecule has 2 N–H and O–H groups in total. The Morgan fingerprint density at radius 2 is 1.27 bits per heavy atom. The van der Waals surface area contributed by atoms with Gasteiger partial charge in [-0.1, -0.05) is 76.2 Å². The van der Waals surface area contributed by atoms with Crippen LogP contribution in [0.25, 0.3) is 10.9 Å². The summed E-state index contributed by atoms with van der Waals surface area (Å²) in [5.74, 6) is 0.451. The summed E-state index contributed by atoms with van der Waals surface area (Å²) >= 11 is 0. The van der Waals surface area contributed by atoms with Gasteiger partial charge in [0, 0.05) is 57.5 Å². The van der Waals surface area contributed by atoms with Crippen molar-refractivity contribution in [3.05, 3.63) is 135 Å². The molecule has 14 heteroatoms. The summed E-state index contributed by atoms with van der Waals surface area (Å²) in [6.45, 7) is 11.2. The normalized spacial score (nSPS) is 16.8. The van der Waals surface area contributed by atoms with Crippen LogP contribution in [0.1, 0.15) is 115 Å². The number of rotatable bonds is 12. The average molecular weight is 921 g/mol. The number of pyridine rings is 1. The molecule has 0 fully saturated rings. The zero-order chi connectivity index (χ0) is 48.0. The predicted octanol–water partition coefficient (Wildman–Crippen LogP) is 11.4. The maximum atomic E-state index is 14.2. The third-order valence-corrected chi connectivity index (χ3v) is 13.3. The van der Waals surface area contributed by atoms with E-state index in [1.54, 1.807) is 71.0 Å². The van der Waals surface area contributed by atoms with Gasteiger partial charge in [-0.3, -0.25) is 14.8 Å². The first-order valence-electron chi connectivity index (χ1n) is 22.1. The van der Waals surface area contributed by atoms with Crippen molar-refractivity contribution in [1.82, 2.24) is 4.98 Å². The Bertz CT molecular complexity index is 2670. The van der Waals surface area contributed by atoms with Crippen LogP contribution in [0.2, 0.25) is 0 Å². The van der Waals surface area contributed by atoms with Crippen molar-refractivity contribution in [2.45, 2.75) is 127 Å². The number of para-hydroxylation sites is 1. The van der Waals surface area contributed by atoms with Crippen LogP contribution in [0.15, 0.2) is 83.9 Å². The summed E-state index contributed by atoms with van der Waals surface area (Å²) in [4.78, 5) is 20.7. The average Bonchev–Trinajstić information content (AvgIpc) is 3.92. The van der Waals surface area contributed by atoms with E-state index in [0.717, 1.165) is 23.1 Å². The first kappa shape index (κ1) is 48.6. The second kappa shape index (κ2) is 18.0. The number of hydrogen-bond acceptors (Lipinski definition) is 7. The second-order valence-corrected chi connectivity index (χ2v) is 19.3. The van der Waals surface area contributed by atoms with E-state index in [4.69, 9.17) is 9.47 Å². The van der Waals surface area contributed by atoms with Gasteiger partial charge < -0.3 is 19.7 Å². The minimum atomic E-state index is -4.86. The standard InChI is InChI=1S/C26H27F4NO2.C26H28F3NO3/c1-16-7-8-20-17(5-4-6-22(20)31-16)9-11-25(32,26(28,29)30)15-24(2,3)21-14-19(27)13-18-10-12-33-23(18)21;1-16-20-13-17(7-8-19(20)22(31)14-30-16)9-11-25(32,26(27,28)29)15-24(2,3)21-6-4-5-18-10-12-33-23(18)21/h4-8,13-14,32H,9-12,15H2,1-3H3;4-8,13,32H,9-12,14-15H2,1-3H3/t25-;/m0./s1. The molecule has 1 aromatic heterocycles. The van der Waals surface area contributed by atoms with E-state index in [9.17, 15) is 45.7 Å². The fourth-order valence-corrected chi connectivity index (χ4v) is 9.71. The largest absolute Gasteiger partial charge is 0.493 e. The van der Waals surface area contributed by atoms with Crippen molar-refractivity contribution in [3.8, 4) is 11.5 Å². The first-order chi connectivity index (χ1) is 30.8. The molecule has 0 bridgehead atoms. The number of aliphatic imine (C=N–C) groups is 1. The highest BCUT2D eigenvalue weighted by Crippen LogP contribution is 2.49. The Labute approximate surface area is 380 Å². The van der Waals surface area contributed by atoms with Crippen LogP contribution < -0.4 is 9.47 Å². The van der Waals surface area contributed by atoms with Crippen LogP contribution in [-0.2, 0) is 36.5 Å². The highest BCUT2D eigenvalue weighted by Gasteiger charge is 2.57. The topological polar surface area (TPSA) is 101 Å². The Hall–Kier alpha value is -5.34. The van der Waals surface area contributed by atoms with E-state index >= 15 is 0 Å². The van der Waals surface area contributed by atoms with Crippen molar-refractivity contribution >= 4 is 22.4 Å². The van der Waals surface area contributed by atoms with Crippen LogP contribution in [0.5, 0.6) is 11.5 Å². The number of aromatic nitrogens is 1. The number of halogens is 7. The summed E-state index contributed by atoms with van der Waals surface area (Å²) in [5.41, 5.74) is -0.618. The van der Waals surface area contributed by atoms with Gasteiger partial charge in [-0.25, -0.2) is 4.39 Å². The van der Waals surface area contributed by atoms with Crippen molar-refractivity contribution < 1.29 is 55.2 Å². The van der Waals surface area contributed by atoms with Crippen LogP contribution in [0.4, 0.5) is 30.7 Å². The molecule has 66 heavy (non-hydrogen) atoms. The minimum absolute atomic E-state index is 0.0181. The summed E-state index contributed by atoms with van der Waals surface area (Å²) in [6, 6.07) is 22.1. The van der Waals surface area contributed by atoms with E-state index in [0.29, 0.717) is 81.3 Å². The molecule has 352 valence electrons. The van der Waals surface area contributed by atoms with Gasteiger partial charge in [0.1, 0.15) is 23.9 Å². The SMILES string of the molecule is CC1=NCC(=O)c2ccc(CCC(O)(CC(C)(C)c3cccc4c3OCC4)C(F)(F)F)cc21.Cc1ccc2c(CC[C@](O)(CC(C)(C)c3cc(F)cc4c3OCC4)C(F)(F)F)cccc2n1. The number of benzene rings is 4. The van der Waals surface area contributed by atoms with E-state index < -0.39 is 65.9 Å². The first-order valence-corrected chi connectivity index (χ1v) is 22.1. The van der Waals surface area contributed by atoms with Gasteiger partial charge in [0.2, 0.25) is 0 Å². The van der Waals surface area contributed by atoms with Gasteiger partial charge in [0.15, 0.2) is 17.0 Å². The van der Waals surface area contributed by atoms with Crippen molar-refractivity contribution in [1.29, 1.82) is 0 Å². The lowest BCUT2D eigenvalue weighted by atomic mass is 9.72. The molecule has 0 radical (unpaired) electrons. The van der Waals surface area contributed by atoms with Gasteiger partial charge in [0.25, 0.3) is 0 Å². The zero-order valence-corrected chi connectivity index (χ0v) is 37.9. The summed E-state index contributed by atoms with van der Waals surface area (Å²) in [7, 11) is 0. The number of carbonyl (C=O) groups excluding carboxylic acids is 1. The third-order valence-electron chi connectivity index (χ3n) is 13.3. The number of ether oxygens (including phenoxy) is 2. The number of hydrogen-bond donors (Lipinski definition) is 2. The number of aryl methyl sites for hydroxylation is 3. The number of fused-ring (bicyclic) bond motifs is 4. The Balaban J connectivity index is 0.000000196. The molecule has 1 unspecified atom stereocenters. The number of aliphatic hydroxyl groups is 2. The molecule has 0 saturated heterocycles. The molecular weight excluding hydrogens is 866 g/mol. The van der Waals surface area contributed by atoms with Gasteiger partial charge >= 0.3 is 12.4 Å².